The minimum atomic E-state index is -0.169. The fraction of sp³-hybridized carbons (Fsp3) is 0.905. The number of fused-ring (bicyclic) bond motifs is 5. The SMILES string of the molecule is CC(=O)[C@@H]1CC[C@@H]2[C@@H]3CC[C@H]4C[C@H](O)CC[C@]4(C)[C@@H]3C(=O)C[C@@]21C. The molecule has 0 amide bonds. The Kier molecular flexibility index (Phi) is 3.77. The van der Waals surface area contributed by atoms with Crippen molar-refractivity contribution < 1.29 is 14.7 Å². The van der Waals surface area contributed by atoms with E-state index in [4.69, 9.17) is 0 Å². The van der Waals surface area contributed by atoms with E-state index in [9.17, 15) is 14.7 Å². The lowest BCUT2D eigenvalue weighted by Crippen LogP contribution is -2.58. The van der Waals surface area contributed by atoms with Crippen LogP contribution in [0.3, 0.4) is 0 Å². The summed E-state index contributed by atoms with van der Waals surface area (Å²) < 4.78 is 0. The maximum absolute atomic E-state index is 13.3. The third kappa shape index (κ3) is 2.12. The van der Waals surface area contributed by atoms with E-state index in [2.05, 4.69) is 13.8 Å². The maximum Gasteiger partial charge on any atom is 0.137 e. The van der Waals surface area contributed by atoms with Crippen molar-refractivity contribution in [3.8, 4) is 0 Å². The quantitative estimate of drug-likeness (QED) is 0.795. The van der Waals surface area contributed by atoms with Gasteiger partial charge in [-0.1, -0.05) is 13.8 Å². The zero-order valence-electron chi connectivity index (χ0n) is 15.4. The van der Waals surface area contributed by atoms with Gasteiger partial charge in [0.25, 0.3) is 0 Å². The molecule has 0 saturated heterocycles. The minimum Gasteiger partial charge on any atom is -0.393 e. The molecule has 0 unspecified atom stereocenters. The van der Waals surface area contributed by atoms with Gasteiger partial charge < -0.3 is 5.11 Å². The molecular weight excluding hydrogens is 300 g/mol. The summed E-state index contributed by atoms with van der Waals surface area (Å²) in [4.78, 5) is 25.5. The summed E-state index contributed by atoms with van der Waals surface area (Å²) in [5.74, 6) is 2.48. The van der Waals surface area contributed by atoms with Crippen molar-refractivity contribution in [2.45, 2.75) is 78.2 Å². The van der Waals surface area contributed by atoms with Crippen molar-refractivity contribution >= 4 is 11.6 Å². The van der Waals surface area contributed by atoms with Gasteiger partial charge in [0.1, 0.15) is 11.6 Å². The Bertz CT molecular complexity index is 569. The third-order valence-corrected chi connectivity index (χ3v) is 8.81. The number of rotatable bonds is 1. The summed E-state index contributed by atoms with van der Waals surface area (Å²) >= 11 is 0. The average Bonchev–Trinajstić information content (AvgIpc) is 2.84. The molecule has 4 fully saturated rings. The van der Waals surface area contributed by atoms with Crippen LogP contribution in [0.1, 0.15) is 72.1 Å². The molecule has 4 saturated carbocycles. The van der Waals surface area contributed by atoms with E-state index in [0.717, 1.165) is 44.9 Å². The Morgan fingerprint density at radius 1 is 1.08 bits per heavy atom. The van der Waals surface area contributed by atoms with Crippen LogP contribution < -0.4 is 0 Å². The van der Waals surface area contributed by atoms with Gasteiger partial charge >= 0.3 is 0 Å². The van der Waals surface area contributed by atoms with Gasteiger partial charge in [-0.15, -0.1) is 0 Å². The molecule has 0 radical (unpaired) electrons. The lowest BCUT2D eigenvalue weighted by atomic mass is 9.44. The zero-order valence-corrected chi connectivity index (χ0v) is 15.4. The number of Topliss-reactive ketones (excluding diaryl/α,β-unsaturated/α-hetero) is 2. The molecule has 134 valence electrons. The van der Waals surface area contributed by atoms with Gasteiger partial charge in [-0.3, -0.25) is 9.59 Å². The predicted octanol–water partition coefficient (Wildman–Crippen LogP) is 3.77. The highest BCUT2D eigenvalue weighted by Gasteiger charge is 2.63. The second-order valence-electron chi connectivity index (χ2n) is 9.85. The zero-order chi connectivity index (χ0) is 17.3. The molecular formula is C21H32O3. The number of hydrogen-bond donors (Lipinski definition) is 1. The van der Waals surface area contributed by atoms with Crippen LogP contribution in [0.4, 0.5) is 0 Å². The van der Waals surface area contributed by atoms with Gasteiger partial charge in [0.15, 0.2) is 0 Å². The second kappa shape index (κ2) is 5.40. The van der Waals surface area contributed by atoms with Gasteiger partial charge in [0.2, 0.25) is 0 Å². The molecule has 1 N–H and O–H groups in total. The first kappa shape index (κ1) is 16.8. The average molecular weight is 332 g/mol. The van der Waals surface area contributed by atoms with Crippen LogP contribution in [0.25, 0.3) is 0 Å². The Labute approximate surface area is 145 Å². The fourth-order valence-corrected chi connectivity index (χ4v) is 7.72. The Hall–Kier alpha value is -0.700. The smallest absolute Gasteiger partial charge is 0.137 e. The molecule has 0 spiro atoms. The Morgan fingerprint density at radius 2 is 1.83 bits per heavy atom. The summed E-state index contributed by atoms with van der Waals surface area (Å²) in [6.45, 7) is 6.28. The molecule has 8 atom stereocenters. The van der Waals surface area contributed by atoms with Gasteiger partial charge in [-0.2, -0.15) is 0 Å². The van der Waals surface area contributed by atoms with Crippen LogP contribution in [0, 0.1) is 40.4 Å². The summed E-state index contributed by atoms with van der Waals surface area (Å²) in [5.41, 5.74) is -0.0175. The van der Waals surface area contributed by atoms with Crippen LogP contribution in [-0.2, 0) is 9.59 Å². The molecule has 0 aromatic rings. The van der Waals surface area contributed by atoms with Crippen molar-refractivity contribution in [3.05, 3.63) is 0 Å². The van der Waals surface area contributed by atoms with Crippen molar-refractivity contribution in [1.29, 1.82) is 0 Å². The van der Waals surface area contributed by atoms with Gasteiger partial charge in [-0.25, -0.2) is 0 Å². The molecule has 4 rings (SSSR count). The Morgan fingerprint density at radius 3 is 2.54 bits per heavy atom. The second-order valence-corrected chi connectivity index (χ2v) is 9.85. The van der Waals surface area contributed by atoms with Gasteiger partial charge in [0, 0.05) is 18.3 Å². The van der Waals surface area contributed by atoms with Crippen LogP contribution in [-0.4, -0.2) is 22.8 Å². The monoisotopic (exact) mass is 332 g/mol. The van der Waals surface area contributed by atoms with Crippen molar-refractivity contribution in [2.75, 3.05) is 0 Å². The molecule has 0 aliphatic heterocycles. The van der Waals surface area contributed by atoms with E-state index in [0.29, 0.717) is 30.0 Å². The number of ketones is 2. The summed E-state index contributed by atoms with van der Waals surface area (Å²) in [7, 11) is 0. The molecule has 0 aromatic carbocycles. The van der Waals surface area contributed by atoms with E-state index < -0.39 is 0 Å². The van der Waals surface area contributed by atoms with Crippen LogP contribution in [0.15, 0.2) is 0 Å². The number of aliphatic hydroxyl groups is 1. The molecule has 0 aromatic heterocycles. The molecule has 0 bridgehead atoms. The van der Waals surface area contributed by atoms with Crippen LogP contribution in [0.5, 0.6) is 0 Å². The largest absolute Gasteiger partial charge is 0.393 e. The van der Waals surface area contributed by atoms with Gasteiger partial charge in [0.05, 0.1) is 6.10 Å². The topological polar surface area (TPSA) is 54.4 Å². The normalized spacial score (nSPS) is 53.9. The molecule has 4 aliphatic carbocycles. The van der Waals surface area contributed by atoms with Crippen LogP contribution in [0.2, 0.25) is 0 Å². The highest BCUT2D eigenvalue weighted by molar-refractivity contribution is 5.87. The molecule has 0 heterocycles. The number of carbonyl (C=O) groups is 2. The van der Waals surface area contributed by atoms with Crippen molar-refractivity contribution in [1.82, 2.24) is 0 Å². The molecule has 4 aliphatic rings. The summed E-state index contributed by atoms with van der Waals surface area (Å²) in [6.07, 6.45) is 7.53. The van der Waals surface area contributed by atoms with Crippen molar-refractivity contribution in [2.24, 2.45) is 40.4 Å². The van der Waals surface area contributed by atoms with E-state index in [-0.39, 0.29) is 34.6 Å². The maximum atomic E-state index is 13.3. The highest BCUT2D eigenvalue weighted by Crippen LogP contribution is 2.66. The van der Waals surface area contributed by atoms with E-state index in [1.807, 2.05) is 0 Å². The van der Waals surface area contributed by atoms with E-state index >= 15 is 0 Å². The standard InChI is InChI=1S/C21H32O3/c1-12(22)16-6-7-17-15-5-4-13-10-14(23)8-9-20(13,2)19(15)18(24)11-21(16,17)3/h13-17,19,23H,4-11H2,1-3H3/t13-,14+,15-,16-,17+,19-,20-,21+/m0/s1. The van der Waals surface area contributed by atoms with Crippen molar-refractivity contribution in [3.63, 3.8) is 0 Å². The summed E-state index contributed by atoms with van der Waals surface area (Å²) in [5, 5.41) is 10.1. The first-order chi connectivity index (χ1) is 11.3. The lowest BCUT2D eigenvalue weighted by molar-refractivity contribution is -0.162. The lowest BCUT2D eigenvalue weighted by Gasteiger charge is -2.59. The first-order valence-corrected chi connectivity index (χ1v) is 9.98. The van der Waals surface area contributed by atoms with Crippen LogP contribution >= 0.6 is 0 Å². The Balaban J connectivity index is 1.68. The highest BCUT2D eigenvalue weighted by atomic mass is 16.3. The number of carbonyl (C=O) groups excluding carboxylic acids is 2. The van der Waals surface area contributed by atoms with Gasteiger partial charge in [-0.05, 0) is 80.5 Å². The van der Waals surface area contributed by atoms with E-state index in [1.54, 1.807) is 6.92 Å². The minimum absolute atomic E-state index is 0.0782. The predicted molar refractivity (Wildman–Crippen MR) is 92.3 cm³/mol. The number of aliphatic hydroxyl groups excluding tert-OH is 1. The fourth-order valence-electron chi connectivity index (χ4n) is 7.72. The molecule has 3 heteroatoms. The molecule has 24 heavy (non-hydrogen) atoms. The third-order valence-electron chi connectivity index (χ3n) is 8.81. The molecule has 3 nitrogen and oxygen atoms in total. The van der Waals surface area contributed by atoms with E-state index in [1.165, 1.54) is 0 Å². The summed E-state index contributed by atoms with van der Waals surface area (Å²) in [6, 6.07) is 0. The number of hydrogen-bond acceptors (Lipinski definition) is 3. The first-order valence-electron chi connectivity index (χ1n) is 9.98.